The summed E-state index contributed by atoms with van der Waals surface area (Å²) in [4.78, 5) is 5.05. The van der Waals surface area contributed by atoms with Gasteiger partial charge in [0.15, 0.2) is 0 Å². The summed E-state index contributed by atoms with van der Waals surface area (Å²) >= 11 is 0. The predicted octanol–water partition coefficient (Wildman–Crippen LogP) is 3.46. The first-order chi connectivity index (χ1) is 12.5. The minimum absolute atomic E-state index is 0. The molecule has 1 spiro atoms. The van der Waals surface area contributed by atoms with E-state index in [0.29, 0.717) is 6.04 Å². The molecule has 4 aliphatic rings. The molecule has 146 valence electrons. The van der Waals surface area contributed by atoms with Crippen LogP contribution in [0, 0.1) is 5.41 Å². The largest absolute Gasteiger partial charge is 0.616 e. The Bertz CT molecular complexity index is 850. The quantitative estimate of drug-likeness (QED) is 0.575. The van der Waals surface area contributed by atoms with Gasteiger partial charge in [-0.25, -0.2) is 0 Å². The van der Waals surface area contributed by atoms with Crippen molar-refractivity contribution in [3.8, 4) is 0 Å². The van der Waals surface area contributed by atoms with Crippen molar-refractivity contribution in [2.75, 3.05) is 27.2 Å². The number of fused-ring (bicyclic) bond motifs is 1. The van der Waals surface area contributed by atoms with Gasteiger partial charge in [0.1, 0.15) is 6.04 Å². The Morgan fingerprint density at radius 2 is 2.07 bits per heavy atom. The van der Waals surface area contributed by atoms with Crippen molar-refractivity contribution in [2.24, 2.45) is 10.4 Å². The number of para-hydroxylation sites is 1. The first-order valence-electron chi connectivity index (χ1n) is 9.98. The monoisotopic (exact) mass is 388 g/mol. The lowest BCUT2D eigenvalue weighted by Crippen LogP contribution is -2.68. The third-order valence-corrected chi connectivity index (χ3v) is 8.02. The van der Waals surface area contributed by atoms with E-state index in [2.05, 4.69) is 38.2 Å². The summed E-state index contributed by atoms with van der Waals surface area (Å²) in [6.45, 7) is 4.74. The number of quaternary nitrogens is 1. The maximum atomic E-state index is 12.8. The molecular formula is C22H29ClN2O2. The van der Waals surface area contributed by atoms with Crippen LogP contribution >= 0.6 is 12.4 Å². The minimum atomic E-state index is -0.172. The van der Waals surface area contributed by atoms with Gasteiger partial charge in [-0.2, -0.15) is 0 Å². The maximum Gasteiger partial charge on any atom is 0.111 e. The predicted molar refractivity (Wildman–Crippen MR) is 107 cm³/mol. The third-order valence-electron chi connectivity index (χ3n) is 8.02. The summed E-state index contributed by atoms with van der Waals surface area (Å²) in [6, 6.07) is 9.09. The average molecular weight is 389 g/mol. The maximum absolute atomic E-state index is 12.8. The number of hydrogen-bond acceptors (Lipinski definition) is 3. The number of nitrogens with zero attached hydrogens (tertiary/aromatic N) is 2. The number of hydrogen-bond donors (Lipinski definition) is 0. The highest BCUT2D eigenvalue weighted by Gasteiger charge is 2.72. The fourth-order valence-corrected chi connectivity index (χ4v) is 7.15. The number of piperidine rings is 1. The van der Waals surface area contributed by atoms with Gasteiger partial charge in [-0.05, 0) is 50.0 Å². The summed E-state index contributed by atoms with van der Waals surface area (Å²) in [6.07, 6.45) is 5.48. The van der Waals surface area contributed by atoms with Gasteiger partial charge in [-0.3, -0.25) is 4.99 Å². The van der Waals surface area contributed by atoms with Gasteiger partial charge in [0.25, 0.3) is 0 Å². The number of methoxy groups -OCH3 is 1. The van der Waals surface area contributed by atoms with E-state index in [1.54, 1.807) is 0 Å². The molecule has 1 saturated carbocycles. The standard InChI is InChI=1S/C22H28N2O2.ClH/c1-4-21-10-7-12-24(2)13-11-22(20(21)24)16-8-5-6-9-17(16)23-18(22)15(14-21)19(25)26-3;/h5-6,8-9,20H,4,7,10-14H2,1-3H3;1H/t20-,21-,22-,24?;/m0./s1. The summed E-state index contributed by atoms with van der Waals surface area (Å²) < 4.78 is 6.37. The molecule has 5 rings (SSSR count). The number of allylic oxidation sites excluding steroid dienone is 1. The molecule has 27 heavy (non-hydrogen) atoms. The smallest absolute Gasteiger partial charge is 0.111 e. The van der Waals surface area contributed by atoms with E-state index >= 15 is 0 Å². The lowest BCUT2D eigenvalue weighted by atomic mass is 9.51. The highest BCUT2D eigenvalue weighted by atomic mass is 35.5. The lowest BCUT2D eigenvalue weighted by Gasteiger charge is -2.58. The van der Waals surface area contributed by atoms with Crippen LogP contribution in [-0.2, 0) is 10.2 Å². The summed E-state index contributed by atoms with van der Waals surface area (Å²) in [5, 5.41) is 12.8. The van der Waals surface area contributed by atoms with Gasteiger partial charge in [0.2, 0.25) is 0 Å². The highest BCUT2D eigenvalue weighted by molar-refractivity contribution is 6.14. The Balaban J connectivity index is 0.00000180. The van der Waals surface area contributed by atoms with Crippen molar-refractivity contribution < 1.29 is 14.3 Å². The Kier molecular flexibility index (Phi) is 4.17. The lowest BCUT2D eigenvalue weighted by molar-refractivity contribution is -0.936. The van der Waals surface area contributed by atoms with Gasteiger partial charge in [-0.1, -0.05) is 25.1 Å². The molecular weight excluding hydrogens is 360 g/mol. The van der Waals surface area contributed by atoms with Crippen LogP contribution in [0.4, 0.5) is 5.69 Å². The number of likely N-dealkylation sites (N-methyl/N-ethyl adjacent to an activating group) is 1. The molecule has 3 aliphatic heterocycles. The topological polar surface area (TPSA) is 44.7 Å². The summed E-state index contributed by atoms with van der Waals surface area (Å²) in [7, 11) is 3.95. The Morgan fingerprint density at radius 3 is 2.81 bits per heavy atom. The Morgan fingerprint density at radius 1 is 1.30 bits per heavy atom. The molecule has 0 aromatic heterocycles. The fourth-order valence-electron chi connectivity index (χ4n) is 7.15. The van der Waals surface area contributed by atoms with Crippen molar-refractivity contribution in [2.45, 2.75) is 50.5 Å². The van der Waals surface area contributed by atoms with Crippen LogP contribution in [-0.4, -0.2) is 43.5 Å². The van der Waals surface area contributed by atoms with Gasteiger partial charge < -0.3 is 14.3 Å². The van der Waals surface area contributed by atoms with Crippen LogP contribution in [0.15, 0.2) is 40.8 Å². The number of halogens is 1. The van der Waals surface area contributed by atoms with Crippen LogP contribution in [0.25, 0.3) is 0 Å². The zero-order valence-corrected chi connectivity index (χ0v) is 17.3. The molecule has 1 unspecified atom stereocenters. The first kappa shape index (κ1) is 18.8. The van der Waals surface area contributed by atoms with Crippen molar-refractivity contribution in [1.82, 2.24) is 0 Å². The molecule has 5 heteroatoms. The van der Waals surface area contributed by atoms with Crippen LogP contribution in [0.1, 0.15) is 44.6 Å². The van der Waals surface area contributed by atoms with Crippen molar-refractivity contribution >= 4 is 23.8 Å². The van der Waals surface area contributed by atoms with Gasteiger partial charge in [0.05, 0.1) is 42.9 Å². The normalized spacial score (nSPS) is 40.3. The third kappa shape index (κ3) is 2.11. The second-order valence-electron chi connectivity index (χ2n) is 8.99. The summed E-state index contributed by atoms with van der Waals surface area (Å²) in [5.41, 5.74) is 4.35. The van der Waals surface area contributed by atoms with Crippen LogP contribution in [0.5, 0.6) is 0 Å². The molecule has 3 heterocycles. The number of rotatable bonds is 2. The zero-order chi connectivity index (χ0) is 18.2. The average Bonchev–Trinajstić information content (AvgIpc) is 3.17. The molecule has 0 N–H and O–H groups in total. The van der Waals surface area contributed by atoms with E-state index in [0.717, 1.165) is 40.7 Å². The van der Waals surface area contributed by atoms with Crippen LogP contribution in [0.3, 0.4) is 0 Å². The number of aliphatic imine (C=N–C) groups is 1. The Labute approximate surface area is 167 Å². The zero-order valence-electron chi connectivity index (χ0n) is 16.5. The fraction of sp³-hybridized carbons (Fsp3) is 0.591. The van der Waals surface area contributed by atoms with E-state index in [-0.39, 0.29) is 29.2 Å². The molecule has 2 saturated heterocycles. The van der Waals surface area contributed by atoms with E-state index in [1.165, 1.54) is 38.6 Å². The van der Waals surface area contributed by atoms with Gasteiger partial charge in [-0.15, -0.1) is 12.4 Å². The molecule has 0 amide bonds. The molecule has 1 aliphatic carbocycles. The Hall–Kier alpha value is -1.52. The van der Waals surface area contributed by atoms with E-state index in [9.17, 15) is 5.11 Å². The molecule has 1 aromatic carbocycles. The van der Waals surface area contributed by atoms with E-state index in [4.69, 9.17) is 9.73 Å². The molecule has 3 fully saturated rings. The van der Waals surface area contributed by atoms with Gasteiger partial charge in [0, 0.05) is 11.8 Å². The number of benzene rings is 1. The van der Waals surface area contributed by atoms with Crippen molar-refractivity contribution in [3.05, 3.63) is 41.3 Å². The second kappa shape index (κ2) is 5.99. The first-order valence-corrected chi connectivity index (χ1v) is 9.98. The van der Waals surface area contributed by atoms with Crippen LogP contribution < -0.4 is 5.11 Å². The van der Waals surface area contributed by atoms with Crippen molar-refractivity contribution in [3.63, 3.8) is 0 Å². The second-order valence-corrected chi connectivity index (χ2v) is 8.99. The molecule has 1 aromatic rings. The summed E-state index contributed by atoms with van der Waals surface area (Å²) in [5.74, 6) is -0.172. The highest BCUT2D eigenvalue weighted by Crippen LogP contribution is 2.65. The molecule has 4 nitrogen and oxygen atoms in total. The molecule has 4 atom stereocenters. The number of ether oxygens (including phenoxy) is 1. The molecule has 0 bridgehead atoms. The van der Waals surface area contributed by atoms with E-state index < -0.39 is 0 Å². The minimum Gasteiger partial charge on any atom is -0.616 e. The SMILES string of the molecule is CC[C@]12CCC[N+]3(C)CC[C@]4(C(=Nc5ccccc54)/C(=C(\[O-])OC)C1)[C@H]23.Cl. The van der Waals surface area contributed by atoms with Crippen LogP contribution in [0.2, 0.25) is 0 Å². The van der Waals surface area contributed by atoms with E-state index in [1.807, 2.05) is 0 Å². The van der Waals surface area contributed by atoms with Gasteiger partial charge >= 0.3 is 0 Å². The van der Waals surface area contributed by atoms with Crippen molar-refractivity contribution in [1.29, 1.82) is 0 Å². The molecule has 0 radical (unpaired) electrons.